The van der Waals surface area contributed by atoms with Gasteiger partial charge < -0.3 is 24.6 Å². The van der Waals surface area contributed by atoms with Gasteiger partial charge in [0, 0.05) is 38.8 Å². The standard InChI is InChI=1S/C44H81N3O4/c1-7-11-13-15-17-19-21-23-25-27-29-31-42(10-4)50-39-37-47(43(48)34-33-41(9-3)45-35-36-46(5)6)38-40-51-44(49)32-30-28-26-24-22-20-18-16-14-12-8-2/h45H,3-4,7-8,11-40H2,1-2,5-6H3. The normalized spacial score (nSPS) is 10.8. The van der Waals surface area contributed by atoms with E-state index in [2.05, 4.69) is 48.7 Å². The van der Waals surface area contributed by atoms with Crippen LogP contribution in [0.3, 0.4) is 0 Å². The molecule has 0 aliphatic carbocycles. The molecule has 0 heterocycles. The summed E-state index contributed by atoms with van der Waals surface area (Å²) in [6, 6.07) is 0. The van der Waals surface area contributed by atoms with Gasteiger partial charge >= 0.3 is 5.97 Å². The van der Waals surface area contributed by atoms with Crippen LogP contribution < -0.4 is 5.32 Å². The number of esters is 1. The SMILES string of the molecule is C=C=C(CCC(=O)N(CCOC(=O)CCCCCCCCCCCCC)CCOC(=C=C)CCCCCCCCCCCCC)NCCN(C)C. The molecule has 0 saturated heterocycles. The maximum Gasteiger partial charge on any atom is 0.305 e. The highest BCUT2D eigenvalue weighted by Crippen LogP contribution is 2.15. The van der Waals surface area contributed by atoms with E-state index in [0.29, 0.717) is 39.0 Å². The lowest BCUT2D eigenvalue weighted by atomic mass is 10.1. The Balaban J connectivity index is 4.58. The van der Waals surface area contributed by atoms with Crippen LogP contribution in [0.15, 0.2) is 36.1 Å². The zero-order valence-electron chi connectivity index (χ0n) is 34.1. The van der Waals surface area contributed by atoms with Gasteiger partial charge in [-0.25, -0.2) is 0 Å². The molecule has 0 aliphatic rings. The molecule has 0 radical (unpaired) electrons. The summed E-state index contributed by atoms with van der Waals surface area (Å²) in [5, 5.41) is 3.33. The Morgan fingerprint density at radius 3 is 1.45 bits per heavy atom. The van der Waals surface area contributed by atoms with Crippen molar-refractivity contribution in [1.29, 1.82) is 0 Å². The molecular formula is C44H81N3O4. The molecule has 0 atom stereocenters. The number of hydrogen-bond donors (Lipinski definition) is 1. The summed E-state index contributed by atoms with van der Waals surface area (Å²) in [6.07, 6.45) is 30.1. The highest BCUT2D eigenvalue weighted by Gasteiger charge is 2.16. The molecule has 1 amide bonds. The van der Waals surface area contributed by atoms with E-state index in [-0.39, 0.29) is 18.5 Å². The lowest BCUT2D eigenvalue weighted by molar-refractivity contribution is -0.146. The fourth-order valence-electron chi connectivity index (χ4n) is 6.14. The van der Waals surface area contributed by atoms with Gasteiger partial charge in [0.2, 0.25) is 5.91 Å². The average molecular weight is 716 g/mol. The molecule has 0 aromatic heterocycles. The monoisotopic (exact) mass is 716 g/mol. The molecule has 0 saturated carbocycles. The van der Waals surface area contributed by atoms with Crippen molar-refractivity contribution in [2.75, 3.05) is 53.5 Å². The maximum atomic E-state index is 13.3. The van der Waals surface area contributed by atoms with Crippen LogP contribution in [0, 0.1) is 0 Å². The quantitative estimate of drug-likeness (QED) is 0.0297. The Kier molecular flexibility index (Phi) is 35.5. The molecule has 7 heteroatoms. The Bertz CT molecular complexity index is 937. The van der Waals surface area contributed by atoms with Crippen molar-refractivity contribution in [2.24, 2.45) is 0 Å². The molecule has 0 rings (SSSR count). The van der Waals surface area contributed by atoms with Gasteiger partial charge in [-0.15, -0.1) is 5.73 Å². The molecule has 296 valence electrons. The summed E-state index contributed by atoms with van der Waals surface area (Å²) in [5.41, 5.74) is 6.74. The van der Waals surface area contributed by atoms with Crippen LogP contribution in [0.2, 0.25) is 0 Å². The van der Waals surface area contributed by atoms with Gasteiger partial charge in [-0.05, 0) is 26.9 Å². The second-order valence-corrected chi connectivity index (χ2v) is 14.5. The molecule has 51 heavy (non-hydrogen) atoms. The summed E-state index contributed by atoms with van der Waals surface area (Å²) in [6.45, 7) is 15.1. The third kappa shape index (κ3) is 33.1. The highest BCUT2D eigenvalue weighted by atomic mass is 16.5. The van der Waals surface area contributed by atoms with Gasteiger partial charge in [0.1, 0.15) is 19.0 Å². The number of allylic oxidation sites excluding steroid dienone is 2. The molecule has 7 nitrogen and oxygen atoms in total. The summed E-state index contributed by atoms with van der Waals surface area (Å²) < 4.78 is 11.6. The van der Waals surface area contributed by atoms with E-state index in [1.807, 2.05) is 14.1 Å². The summed E-state index contributed by atoms with van der Waals surface area (Å²) in [4.78, 5) is 29.6. The average Bonchev–Trinajstić information content (AvgIpc) is 3.12. The zero-order chi connectivity index (χ0) is 37.6. The minimum Gasteiger partial charge on any atom is -0.488 e. The van der Waals surface area contributed by atoms with Gasteiger partial charge in [-0.3, -0.25) is 9.59 Å². The predicted octanol–water partition coefficient (Wildman–Crippen LogP) is 11.0. The smallest absolute Gasteiger partial charge is 0.305 e. The van der Waals surface area contributed by atoms with Crippen LogP contribution in [0.5, 0.6) is 0 Å². The number of hydrogen-bond acceptors (Lipinski definition) is 6. The Hall–Kier alpha value is -2.46. The van der Waals surface area contributed by atoms with E-state index in [1.54, 1.807) is 4.90 Å². The van der Waals surface area contributed by atoms with E-state index < -0.39 is 0 Å². The largest absolute Gasteiger partial charge is 0.488 e. The molecule has 0 aromatic rings. The topological polar surface area (TPSA) is 71.1 Å². The van der Waals surface area contributed by atoms with E-state index >= 15 is 0 Å². The predicted molar refractivity (Wildman–Crippen MR) is 217 cm³/mol. The second-order valence-electron chi connectivity index (χ2n) is 14.5. The Morgan fingerprint density at radius 2 is 1.00 bits per heavy atom. The van der Waals surface area contributed by atoms with Crippen molar-refractivity contribution >= 4 is 11.9 Å². The summed E-state index contributed by atoms with van der Waals surface area (Å²) in [5.74, 6) is 0.579. The van der Waals surface area contributed by atoms with E-state index in [1.165, 1.54) is 122 Å². The van der Waals surface area contributed by atoms with E-state index in [0.717, 1.165) is 50.2 Å². The first kappa shape index (κ1) is 48.5. The van der Waals surface area contributed by atoms with Crippen LogP contribution in [-0.4, -0.2) is 75.2 Å². The van der Waals surface area contributed by atoms with Crippen molar-refractivity contribution < 1.29 is 19.1 Å². The van der Waals surface area contributed by atoms with Crippen molar-refractivity contribution in [2.45, 2.75) is 181 Å². The lowest BCUT2D eigenvalue weighted by Gasteiger charge is -2.23. The molecule has 0 unspecified atom stereocenters. The molecule has 0 spiro atoms. The van der Waals surface area contributed by atoms with Crippen LogP contribution >= 0.6 is 0 Å². The van der Waals surface area contributed by atoms with Crippen molar-refractivity contribution in [3.05, 3.63) is 36.1 Å². The summed E-state index contributed by atoms with van der Waals surface area (Å²) in [7, 11) is 4.05. The number of carbonyl (C=O) groups excluding carboxylic acids is 2. The number of unbranched alkanes of at least 4 members (excludes halogenated alkanes) is 20. The number of carbonyl (C=O) groups is 2. The number of nitrogens with zero attached hydrogens (tertiary/aromatic N) is 2. The van der Waals surface area contributed by atoms with Gasteiger partial charge in [0.05, 0.1) is 18.8 Å². The van der Waals surface area contributed by atoms with Crippen molar-refractivity contribution in [3.63, 3.8) is 0 Å². The molecule has 1 N–H and O–H groups in total. The highest BCUT2D eigenvalue weighted by molar-refractivity contribution is 5.76. The van der Waals surface area contributed by atoms with Gasteiger partial charge in [0.15, 0.2) is 0 Å². The fourth-order valence-corrected chi connectivity index (χ4v) is 6.14. The minimum atomic E-state index is -0.180. The van der Waals surface area contributed by atoms with E-state index in [4.69, 9.17) is 9.47 Å². The lowest BCUT2D eigenvalue weighted by Crippen LogP contribution is -2.37. The minimum absolute atomic E-state index is 0.00308. The van der Waals surface area contributed by atoms with Crippen molar-refractivity contribution in [1.82, 2.24) is 15.1 Å². The number of amides is 1. The van der Waals surface area contributed by atoms with Crippen LogP contribution in [-0.2, 0) is 19.1 Å². The number of nitrogens with one attached hydrogen (secondary N) is 1. The second kappa shape index (κ2) is 37.3. The number of rotatable bonds is 38. The van der Waals surface area contributed by atoms with Crippen molar-refractivity contribution in [3.8, 4) is 0 Å². The zero-order valence-corrected chi connectivity index (χ0v) is 34.1. The van der Waals surface area contributed by atoms with Crippen LogP contribution in [0.25, 0.3) is 0 Å². The third-order valence-electron chi connectivity index (χ3n) is 9.50. The number of ether oxygens (including phenoxy) is 2. The maximum absolute atomic E-state index is 13.3. The van der Waals surface area contributed by atoms with E-state index in [9.17, 15) is 9.59 Å². The number of likely N-dealkylation sites (N-methyl/N-ethyl adjacent to an activating group) is 1. The molecule has 0 bridgehead atoms. The molecule has 0 aromatic carbocycles. The van der Waals surface area contributed by atoms with Crippen LogP contribution in [0.1, 0.15) is 181 Å². The van der Waals surface area contributed by atoms with Gasteiger partial charge in [-0.2, -0.15) is 0 Å². The van der Waals surface area contributed by atoms with Gasteiger partial charge in [-0.1, -0.05) is 161 Å². The fraction of sp³-hybridized carbons (Fsp3) is 0.818. The molecule has 0 fully saturated rings. The van der Waals surface area contributed by atoms with Gasteiger partial charge in [0.25, 0.3) is 0 Å². The first-order valence-corrected chi connectivity index (χ1v) is 21.1. The molecule has 0 aliphatic heterocycles. The summed E-state index contributed by atoms with van der Waals surface area (Å²) >= 11 is 0. The first-order valence-electron chi connectivity index (χ1n) is 21.1. The Morgan fingerprint density at radius 1 is 0.549 bits per heavy atom. The Labute approximate surface area is 315 Å². The van der Waals surface area contributed by atoms with Crippen LogP contribution in [0.4, 0.5) is 0 Å². The molecular weight excluding hydrogens is 635 g/mol. The first-order chi connectivity index (χ1) is 24.9. The third-order valence-corrected chi connectivity index (χ3v) is 9.50.